The monoisotopic (exact) mass is 608 g/mol. The number of benzene rings is 5. The fourth-order valence-electron chi connectivity index (χ4n) is 6.25. The third kappa shape index (κ3) is 4.73. The molecule has 7 nitrogen and oxygen atoms in total. The van der Waals surface area contributed by atoms with Crippen LogP contribution in [-0.4, -0.2) is 23.7 Å². The first-order valence-corrected chi connectivity index (χ1v) is 15.5. The second kappa shape index (κ2) is 10.9. The quantitative estimate of drug-likeness (QED) is 0.141. The zero-order valence-electron chi connectivity index (χ0n) is 25.5. The fraction of sp³-hybridized carbons (Fsp3) is 0.0250. The van der Waals surface area contributed by atoms with Crippen LogP contribution in [0.4, 0.5) is 0 Å². The van der Waals surface area contributed by atoms with Gasteiger partial charge < -0.3 is 4.74 Å². The topological polar surface area (TPSA) is 53.2 Å². The number of imidazole rings is 1. The first-order valence-electron chi connectivity index (χ1n) is 15.5. The van der Waals surface area contributed by atoms with Crippen molar-refractivity contribution in [3.05, 3.63) is 164 Å². The van der Waals surface area contributed by atoms with Crippen molar-refractivity contribution in [3.8, 4) is 39.9 Å². The Hall–Kier alpha value is -6.47. The van der Waals surface area contributed by atoms with Crippen molar-refractivity contribution in [2.75, 3.05) is 0 Å². The molecule has 47 heavy (non-hydrogen) atoms. The van der Waals surface area contributed by atoms with Gasteiger partial charge in [-0.25, -0.2) is 4.52 Å². The number of hydrogen-bond acceptors (Lipinski definition) is 3. The van der Waals surface area contributed by atoms with Crippen molar-refractivity contribution >= 4 is 27.5 Å². The van der Waals surface area contributed by atoms with E-state index in [4.69, 9.17) is 14.8 Å². The van der Waals surface area contributed by atoms with Crippen molar-refractivity contribution in [2.24, 2.45) is 0 Å². The summed E-state index contributed by atoms with van der Waals surface area (Å²) in [7, 11) is 0. The molecule has 0 bridgehead atoms. The highest BCUT2D eigenvalue weighted by Gasteiger charge is 2.17. The fourth-order valence-corrected chi connectivity index (χ4v) is 6.25. The number of fused-ring (bicyclic) bond motifs is 4. The molecular formula is C40H28N6O. The smallest absolute Gasteiger partial charge is 0.268 e. The molecule has 0 saturated carbocycles. The van der Waals surface area contributed by atoms with Crippen molar-refractivity contribution in [1.29, 1.82) is 0 Å². The normalized spacial score (nSPS) is 11.5. The molecule has 0 unspecified atom stereocenters. The lowest BCUT2D eigenvalue weighted by atomic mass is 10.1. The third-order valence-electron chi connectivity index (χ3n) is 8.53. The average Bonchev–Trinajstić information content (AvgIpc) is 3.86. The number of pyridine rings is 1. The molecular weight excluding hydrogens is 580 g/mol. The Morgan fingerprint density at radius 1 is 0.660 bits per heavy atom. The molecule has 7 heteroatoms. The van der Waals surface area contributed by atoms with Gasteiger partial charge in [-0.15, -0.1) is 5.10 Å². The van der Waals surface area contributed by atoms with Gasteiger partial charge in [0.1, 0.15) is 11.5 Å². The summed E-state index contributed by atoms with van der Waals surface area (Å²) in [4.78, 5) is 4.88. The summed E-state index contributed by atoms with van der Waals surface area (Å²) in [5.41, 5.74) is 8.18. The van der Waals surface area contributed by atoms with Gasteiger partial charge in [0.2, 0.25) is 0 Å². The molecule has 0 N–H and O–H groups in total. The summed E-state index contributed by atoms with van der Waals surface area (Å²) in [6, 6.07) is 47.5. The molecule has 224 valence electrons. The summed E-state index contributed by atoms with van der Waals surface area (Å²) < 4.78 is 14.4. The van der Waals surface area contributed by atoms with Gasteiger partial charge in [-0.3, -0.25) is 13.7 Å². The lowest BCUT2D eigenvalue weighted by Crippen LogP contribution is -2.28. The van der Waals surface area contributed by atoms with E-state index in [1.165, 1.54) is 5.56 Å². The van der Waals surface area contributed by atoms with Crippen LogP contribution in [-0.2, 0) is 0 Å². The van der Waals surface area contributed by atoms with Gasteiger partial charge in [0.25, 0.3) is 12.3 Å². The third-order valence-corrected chi connectivity index (χ3v) is 8.53. The van der Waals surface area contributed by atoms with Crippen LogP contribution in [0.3, 0.4) is 0 Å². The molecule has 0 aliphatic carbocycles. The Labute approximate surface area is 270 Å². The average molecular weight is 609 g/mol. The molecule has 4 aromatic heterocycles. The molecule has 4 heterocycles. The second-order valence-electron chi connectivity index (χ2n) is 11.5. The summed E-state index contributed by atoms with van der Waals surface area (Å²) in [5, 5.41) is 7.12. The zero-order chi connectivity index (χ0) is 31.3. The highest BCUT2D eigenvalue weighted by Crippen LogP contribution is 2.35. The largest absolute Gasteiger partial charge is 0.458 e. The molecule has 0 fully saturated rings. The number of aromatic nitrogens is 6. The van der Waals surface area contributed by atoms with E-state index in [0.717, 1.165) is 61.6 Å². The summed E-state index contributed by atoms with van der Waals surface area (Å²) in [5.74, 6) is 2.07. The Bertz CT molecular complexity index is 2580. The molecule has 0 amide bonds. The van der Waals surface area contributed by atoms with Crippen LogP contribution in [0.15, 0.2) is 152 Å². The number of para-hydroxylation sites is 1. The van der Waals surface area contributed by atoms with Crippen LogP contribution in [0.1, 0.15) is 5.69 Å². The number of hydrogen-bond donors (Lipinski definition) is 0. The minimum absolute atomic E-state index is 0.621. The predicted octanol–water partition coefficient (Wildman–Crippen LogP) is 8.46. The molecule has 9 aromatic rings. The van der Waals surface area contributed by atoms with E-state index < -0.39 is 0 Å². The zero-order valence-corrected chi connectivity index (χ0v) is 25.5. The minimum atomic E-state index is 0.621. The maximum absolute atomic E-state index is 6.48. The molecule has 0 saturated heterocycles. The van der Waals surface area contributed by atoms with Crippen LogP contribution in [0.5, 0.6) is 11.5 Å². The highest BCUT2D eigenvalue weighted by molar-refractivity contribution is 6.09. The van der Waals surface area contributed by atoms with Crippen molar-refractivity contribution in [3.63, 3.8) is 0 Å². The van der Waals surface area contributed by atoms with Gasteiger partial charge in [0, 0.05) is 34.9 Å². The lowest BCUT2D eigenvalue weighted by Gasteiger charge is -2.09. The van der Waals surface area contributed by atoms with Crippen molar-refractivity contribution in [2.45, 2.75) is 6.92 Å². The van der Waals surface area contributed by atoms with E-state index in [0.29, 0.717) is 5.95 Å². The predicted molar refractivity (Wildman–Crippen MR) is 184 cm³/mol. The van der Waals surface area contributed by atoms with Gasteiger partial charge in [0.15, 0.2) is 5.65 Å². The number of rotatable bonds is 6. The number of nitrogens with zero attached hydrogens (tertiary/aromatic N) is 6. The molecule has 0 atom stereocenters. The van der Waals surface area contributed by atoms with Crippen LogP contribution in [0.2, 0.25) is 0 Å². The van der Waals surface area contributed by atoms with E-state index in [9.17, 15) is 0 Å². The second-order valence-corrected chi connectivity index (χ2v) is 11.5. The van der Waals surface area contributed by atoms with E-state index in [1.807, 2.05) is 93.6 Å². The Morgan fingerprint density at radius 2 is 1.45 bits per heavy atom. The van der Waals surface area contributed by atoms with Crippen LogP contribution >= 0.6 is 0 Å². The minimum Gasteiger partial charge on any atom is -0.458 e. The first kappa shape index (κ1) is 26.9. The Balaban J connectivity index is 1.05. The van der Waals surface area contributed by atoms with Crippen molar-refractivity contribution < 1.29 is 9.30 Å². The molecule has 0 aliphatic heterocycles. The number of aryl methyl sites for hydroxylation is 1. The first-order chi connectivity index (χ1) is 23.2. The van der Waals surface area contributed by atoms with E-state index in [1.54, 1.807) is 0 Å². The highest BCUT2D eigenvalue weighted by atomic mass is 16.5. The SMILES string of the molecule is Cc1cccc2nc(-n3c4ccccc4c4ccc(Oc5cccc(-n6[c-][n+](-c7cccc(-c8ccccc8)c7)cc6)c5)cc43)nn12. The van der Waals surface area contributed by atoms with E-state index >= 15 is 0 Å². The van der Waals surface area contributed by atoms with Gasteiger partial charge in [-0.1, -0.05) is 72.8 Å². The molecule has 5 aromatic carbocycles. The van der Waals surface area contributed by atoms with Gasteiger partial charge in [0.05, 0.1) is 22.4 Å². The molecule has 0 aliphatic rings. The maximum Gasteiger partial charge on any atom is 0.268 e. The van der Waals surface area contributed by atoms with Gasteiger partial charge >= 0.3 is 0 Å². The Kier molecular flexibility index (Phi) is 6.21. The summed E-state index contributed by atoms with van der Waals surface area (Å²) in [6.45, 7) is 2.03. The lowest BCUT2D eigenvalue weighted by molar-refractivity contribution is -0.599. The van der Waals surface area contributed by atoms with Crippen molar-refractivity contribution in [1.82, 2.24) is 23.7 Å². The number of ether oxygens (including phenoxy) is 1. The maximum atomic E-state index is 6.48. The van der Waals surface area contributed by atoms with Gasteiger partial charge in [-0.05, 0) is 78.7 Å². The summed E-state index contributed by atoms with van der Waals surface area (Å²) in [6.07, 6.45) is 7.47. The standard InChI is InChI=1S/C40H28N6O/c1-28-10-7-19-39-41-40(42-46(28)39)45-37-18-6-5-17-35(37)36-21-20-34(26-38(36)45)47-33-16-9-15-32(25-33)44-23-22-43(27-44)31-14-8-13-30(24-31)29-11-3-2-4-12-29/h2-26H,1H3. The molecule has 9 rings (SSSR count). The van der Waals surface area contributed by atoms with E-state index in [-0.39, 0.29) is 0 Å². The van der Waals surface area contributed by atoms with E-state index in [2.05, 4.69) is 89.8 Å². The van der Waals surface area contributed by atoms with Crippen LogP contribution < -0.4 is 9.30 Å². The van der Waals surface area contributed by atoms with Crippen LogP contribution in [0, 0.1) is 13.3 Å². The molecule has 0 radical (unpaired) electrons. The Morgan fingerprint density at radius 3 is 2.36 bits per heavy atom. The summed E-state index contributed by atoms with van der Waals surface area (Å²) >= 11 is 0. The van der Waals surface area contributed by atoms with Crippen LogP contribution in [0.25, 0.3) is 55.9 Å². The van der Waals surface area contributed by atoms with Gasteiger partial charge in [-0.2, -0.15) is 4.98 Å². The molecule has 0 spiro atoms.